The van der Waals surface area contributed by atoms with Crippen LogP contribution in [0.15, 0.2) is 18.2 Å². The molecule has 1 aromatic rings. The van der Waals surface area contributed by atoms with Gasteiger partial charge in [-0.2, -0.15) is 0 Å². The van der Waals surface area contributed by atoms with E-state index in [1.54, 1.807) is 0 Å². The molecule has 78 valence electrons. The molecule has 0 amide bonds. The molecule has 0 saturated carbocycles. The van der Waals surface area contributed by atoms with Gasteiger partial charge in [-0.1, -0.05) is 24.6 Å². The SMILES string of the molecule is Cc1ccc(Cl)c(OCC(C)CN)c1. The van der Waals surface area contributed by atoms with Crippen molar-refractivity contribution < 1.29 is 4.74 Å². The van der Waals surface area contributed by atoms with Gasteiger partial charge in [-0.25, -0.2) is 0 Å². The first-order valence-corrected chi connectivity index (χ1v) is 5.10. The second kappa shape index (κ2) is 5.23. The van der Waals surface area contributed by atoms with Crippen molar-refractivity contribution in [2.75, 3.05) is 13.2 Å². The molecule has 0 bridgehead atoms. The molecular formula is C11H16ClNO. The van der Waals surface area contributed by atoms with E-state index in [1.165, 1.54) is 0 Å². The van der Waals surface area contributed by atoms with E-state index in [-0.39, 0.29) is 0 Å². The molecule has 1 rings (SSSR count). The average Bonchev–Trinajstić information content (AvgIpc) is 2.19. The molecule has 0 aliphatic carbocycles. The van der Waals surface area contributed by atoms with Crippen molar-refractivity contribution >= 4 is 11.6 Å². The van der Waals surface area contributed by atoms with Crippen LogP contribution in [0.3, 0.4) is 0 Å². The monoisotopic (exact) mass is 213 g/mol. The summed E-state index contributed by atoms with van der Waals surface area (Å²) < 4.78 is 5.56. The number of rotatable bonds is 4. The molecule has 0 aliphatic rings. The van der Waals surface area contributed by atoms with E-state index in [0.29, 0.717) is 24.1 Å². The summed E-state index contributed by atoms with van der Waals surface area (Å²) in [6.45, 7) is 5.29. The van der Waals surface area contributed by atoms with Crippen LogP contribution >= 0.6 is 11.6 Å². The minimum Gasteiger partial charge on any atom is -0.492 e. The van der Waals surface area contributed by atoms with Gasteiger partial charge >= 0.3 is 0 Å². The van der Waals surface area contributed by atoms with E-state index < -0.39 is 0 Å². The molecule has 0 fully saturated rings. The highest BCUT2D eigenvalue weighted by atomic mass is 35.5. The zero-order valence-corrected chi connectivity index (χ0v) is 9.34. The van der Waals surface area contributed by atoms with Crippen molar-refractivity contribution in [3.05, 3.63) is 28.8 Å². The normalized spacial score (nSPS) is 12.6. The smallest absolute Gasteiger partial charge is 0.138 e. The highest BCUT2D eigenvalue weighted by Crippen LogP contribution is 2.25. The Morgan fingerprint density at radius 3 is 2.86 bits per heavy atom. The van der Waals surface area contributed by atoms with Crippen LogP contribution in [0, 0.1) is 12.8 Å². The predicted molar refractivity (Wildman–Crippen MR) is 59.9 cm³/mol. The Morgan fingerprint density at radius 2 is 2.21 bits per heavy atom. The van der Waals surface area contributed by atoms with Gasteiger partial charge in [0.05, 0.1) is 11.6 Å². The highest BCUT2D eigenvalue weighted by Gasteiger charge is 2.04. The number of benzene rings is 1. The van der Waals surface area contributed by atoms with Crippen molar-refractivity contribution in [3.8, 4) is 5.75 Å². The summed E-state index contributed by atoms with van der Waals surface area (Å²) in [5, 5.41) is 0.653. The minimum absolute atomic E-state index is 0.353. The van der Waals surface area contributed by atoms with E-state index in [4.69, 9.17) is 22.1 Å². The molecule has 1 unspecified atom stereocenters. The van der Waals surface area contributed by atoms with Crippen LogP contribution in [0.25, 0.3) is 0 Å². The third-order valence-corrected chi connectivity index (χ3v) is 2.32. The van der Waals surface area contributed by atoms with Gasteiger partial charge in [-0.15, -0.1) is 0 Å². The summed E-state index contributed by atoms with van der Waals surface area (Å²) in [6, 6.07) is 5.74. The Bertz CT molecular complexity index is 301. The molecule has 2 nitrogen and oxygen atoms in total. The largest absolute Gasteiger partial charge is 0.492 e. The Hall–Kier alpha value is -0.730. The third-order valence-electron chi connectivity index (χ3n) is 2.01. The quantitative estimate of drug-likeness (QED) is 0.835. The van der Waals surface area contributed by atoms with Crippen LogP contribution in [0.1, 0.15) is 12.5 Å². The zero-order valence-electron chi connectivity index (χ0n) is 8.59. The van der Waals surface area contributed by atoms with Crippen LogP contribution in [-0.2, 0) is 0 Å². The van der Waals surface area contributed by atoms with Crippen molar-refractivity contribution in [2.24, 2.45) is 11.7 Å². The molecule has 0 aliphatic heterocycles. The lowest BCUT2D eigenvalue weighted by atomic mass is 10.2. The molecule has 2 N–H and O–H groups in total. The molecular weight excluding hydrogens is 198 g/mol. The Morgan fingerprint density at radius 1 is 1.50 bits per heavy atom. The van der Waals surface area contributed by atoms with E-state index in [1.807, 2.05) is 32.0 Å². The van der Waals surface area contributed by atoms with E-state index >= 15 is 0 Å². The maximum Gasteiger partial charge on any atom is 0.138 e. The summed E-state index contributed by atoms with van der Waals surface area (Å²) in [7, 11) is 0. The zero-order chi connectivity index (χ0) is 10.6. The fourth-order valence-corrected chi connectivity index (χ4v) is 1.19. The second-order valence-corrected chi connectivity index (χ2v) is 3.99. The number of hydrogen-bond acceptors (Lipinski definition) is 2. The molecule has 1 aromatic carbocycles. The lowest BCUT2D eigenvalue weighted by Gasteiger charge is -2.12. The van der Waals surface area contributed by atoms with Crippen LogP contribution < -0.4 is 10.5 Å². The number of ether oxygens (including phenoxy) is 1. The van der Waals surface area contributed by atoms with Gasteiger partial charge in [0.25, 0.3) is 0 Å². The molecule has 0 heterocycles. The van der Waals surface area contributed by atoms with Gasteiger partial charge in [0.2, 0.25) is 0 Å². The topological polar surface area (TPSA) is 35.2 Å². The van der Waals surface area contributed by atoms with Crippen LogP contribution in [0.2, 0.25) is 5.02 Å². The lowest BCUT2D eigenvalue weighted by molar-refractivity contribution is 0.264. The first kappa shape index (κ1) is 11.3. The molecule has 0 aromatic heterocycles. The lowest BCUT2D eigenvalue weighted by Crippen LogP contribution is -2.18. The molecule has 0 saturated heterocycles. The third kappa shape index (κ3) is 3.20. The van der Waals surface area contributed by atoms with Gasteiger partial charge in [0.15, 0.2) is 0 Å². The maximum atomic E-state index is 5.97. The number of hydrogen-bond donors (Lipinski definition) is 1. The molecule has 0 spiro atoms. The maximum absolute atomic E-state index is 5.97. The van der Waals surface area contributed by atoms with Crippen LogP contribution in [0.4, 0.5) is 0 Å². The molecule has 14 heavy (non-hydrogen) atoms. The van der Waals surface area contributed by atoms with Crippen molar-refractivity contribution in [1.82, 2.24) is 0 Å². The Kier molecular flexibility index (Phi) is 4.23. The minimum atomic E-state index is 0.353. The average molecular weight is 214 g/mol. The fraction of sp³-hybridized carbons (Fsp3) is 0.455. The fourth-order valence-electron chi connectivity index (χ4n) is 1.02. The number of aryl methyl sites for hydroxylation is 1. The summed E-state index contributed by atoms with van der Waals surface area (Å²) in [6.07, 6.45) is 0. The Balaban J connectivity index is 2.62. The molecule has 0 radical (unpaired) electrons. The molecule has 1 atom stereocenters. The van der Waals surface area contributed by atoms with Gasteiger partial charge in [-0.05, 0) is 31.2 Å². The highest BCUT2D eigenvalue weighted by molar-refractivity contribution is 6.32. The molecule has 3 heteroatoms. The van der Waals surface area contributed by atoms with Crippen molar-refractivity contribution in [3.63, 3.8) is 0 Å². The van der Waals surface area contributed by atoms with Gasteiger partial charge in [0.1, 0.15) is 5.75 Å². The predicted octanol–water partition coefficient (Wildman–Crippen LogP) is 2.62. The van der Waals surface area contributed by atoms with Crippen LogP contribution in [-0.4, -0.2) is 13.2 Å². The standard InChI is InChI=1S/C11H16ClNO/c1-8-3-4-10(12)11(5-8)14-7-9(2)6-13/h3-5,9H,6-7,13H2,1-2H3. The Labute approximate surface area is 90.0 Å². The van der Waals surface area contributed by atoms with Crippen molar-refractivity contribution in [2.45, 2.75) is 13.8 Å². The summed E-state index contributed by atoms with van der Waals surface area (Å²) >= 11 is 5.97. The van der Waals surface area contributed by atoms with E-state index in [2.05, 4.69) is 0 Å². The van der Waals surface area contributed by atoms with Crippen molar-refractivity contribution in [1.29, 1.82) is 0 Å². The van der Waals surface area contributed by atoms with E-state index in [0.717, 1.165) is 11.3 Å². The van der Waals surface area contributed by atoms with Gasteiger partial charge < -0.3 is 10.5 Å². The first-order valence-electron chi connectivity index (χ1n) is 4.72. The van der Waals surface area contributed by atoms with Gasteiger partial charge in [0, 0.05) is 5.92 Å². The number of halogens is 1. The summed E-state index contributed by atoms with van der Waals surface area (Å²) in [5.74, 6) is 1.10. The van der Waals surface area contributed by atoms with Crippen LogP contribution in [0.5, 0.6) is 5.75 Å². The first-order chi connectivity index (χ1) is 6.63. The van der Waals surface area contributed by atoms with E-state index in [9.17, 15) is 0 Å². The summed E-state index contributed by atoms with van der Waals surface area (Å²) in [5.41, 5.74) is 6.63. The van der Waals surface area contributed by atoms with Gasteiger partial charge in [-0.3, -0.25) is 0 Å². The second-order valence-electron chi connectivity index (χ2n) is 3.59. The summed E-state index contributed by atoms with van der Waals surface area (Å²) in [4.78, 5) is 0. The number of nitrogens with two attached hydrogens (primary N) is 1.